The predicted molar refractivity (Wildman–Crippen MR) is 90.2 cm³/mol. The molecule has 3 rings (SSSR count). The van der Waals surface area contributed by atoms with E-state index in [1.807, 2.05) is 29.2 Å². The Morgan fingerprint density at radius 2 is 2.00 bits per heavy atom. The van der Waals surface area contributed by atoms with Crippen molar-refractivity contribution < 1.29 is 14.3 Å². The van der Waals surface area contributed by atoms with Crippen LogP contribution in [0.15, 0.2) is 24.3 Å². The van der Waals surface area contributed by atoms with Crippen LogP contribution in [-0.4, -0.2) is 55.5 Å². The number of hydrogen-bond donors (Lipinski definition) is 1. The lowest BCUT2D eigenvalue weighted by atomic mass is 10.1. The van der Waals surface area contributed by atoms with Crippen LogP contribution in [0.3, 0.4) is 0 Å². The topological polar surface area (TPSA) is 61.9 Å². The second-order valence-corrected chi connectivity index (χ2v) is 5.60. The minimum atomic E-state index is -0.510. The molecule has 2 aliphatic rings. The van der Waals surface area contributed by atoms with Gasteiger partial charge in [0.2, 0.25) is 5.91 Å². The van der Waals surface area contributed by atoms with Gasteiger partial charge in [-0.1, -0.05) is 12.1 Å². The second kappa shape index (κ2) is 7.66. The molecule has 1 N–H and O–H groups in total. The van der Waals surface area contributed by atoms with Crippen molar-refractivity contribution in [1.82, 2.24) is 10.2 Å². The lowest BCUT2D eigenvalue weighted by Gasteiger charge is -2.33. The van der Waals surface area contributed by atoms with E-state index in [1.54, 1.807) is 11.8 Å². The number of benzene rings is 1. The fourth-order valence-electron chi connectivity index (χ4n) is 2.87. The number of nitrogens with one attached hydrogen (secondary N) is 1. The van der Waals surface area contributed by atoms with Crippen molar-refractivity contribution in [2.45, 2.75) is 19.4 Å². The smallest absolute Gasteiger partial charge is 0.267 e. The first-order valence-corrected chi connectivity index (χ1v) is 7.72. The monoisotopic (exact) mass is 339 g/mol. The van der Waals surface area contributed by atoms with Crippen LogP contribution in [0, 0.1) is 0 Å². The van der Waals surface area contributed by atoms with Gasteiger partial charge < -0.3 is 19.9 Å². The Hall–Kier alpha value is -1.79. The van der Waals surface area contributed by atoms with Gasteiger partial charge in [0.05, 0.1) is 5.69 Å². The molecule has 126 valence electrons. The third-order valence-electron chi connectivity index (χ3n) is 4.09. The largest absolute Gasteiger partial charge is 0.479 e. The molecule has 0 radical (unpaired) electrons. The zero-order chi connectivity index (χ0) is 15.5. The maximum absolute atomic E-state index is 12.3. The van der Waals surface area contributed by atoms with Crippen molar-refractivity contribution in [2.75, 3.05) is 37.6 Å². The summed E-state index contributed by atoms with van der Waals surface area (Å²) in [6.07, 6.45) is -0.170. The highest BCUT2D eigenvalue weighted by Crippen LogP contribution is 2.33. The second-order valence-electron chi connectivity index (χ2n) is 5.60. The molecule has 0 saturated carbocycles. The summed E-state index contributed by atoms with van der Waals surface area (Å²) in [6, 6.07) is 7.46. The Kier molecular flexibility index (Phi) is 5.85. The normalized spacial score (nSPS) is 20.4. The number of carbonyl (C=O) groups excluding carboxylic acids is 2. The summed E-state index contributed by atoms with van der Waals surface area (Å²) < 4.78 is 5.60. The van der Waals surface area contributed by atoms with Gasteiger partial charge in [0, 0.05) is 39.1 Å². The molecule has 1 aromatic rings. The summed E-state index contributed by atoms with van der Waals surface area (Å²) in [5.74, 6) is 0.710. The fourth-order valence-corrected chi connectivity index (χ4v) is 2.87. The minimum absolute atomic E-state index is 0. The molecule has 1 atom stereocenters. The minimum Gasteiger partial charge on any atom is -0.479 e. The summed E-state index contributed by atoms with van der Waals surface area (Å²) >= 11 is 0. The SMILES string of the molecule is CC1Oc2ccccc2N(CCC(=O)N2CCNCC2)C1=O.Cl. The van der Waals surface area contributed by atoms with Crippen LogP contribution in [0.4, 0.5) is 5.69 Å². The van der Waals surface area contributed by atoms with Gasteiger partial charge in [-0.15, -0.1) is 12.4 Å². The summed E-state index contributed by atoms with van der Waals surface area (Å²) in [4.78, 5) is 28.1. The van der Waals surface area contributed by atoms with Crippen molar-refractivity contribution in [3.8, 4) is 5.75 Å². The highest BCUT2D eigenvalue weighted by molar-refractivity contribution is 6.00. The molecule has 6 nitrogen and oxygen atoms in total. The summed E-state index contributed by atoms with van der Waals surface area (Å²) in [7, 11) is 0. The first-order chi connectivity index (χ1) is 10.7. The van der Waals surface area contributed by atoms with E-state index in [1.165, 1.54) is 0 Å². The average Bonchev–Trinajstić information content (AvgIpc) is 2.56. The van der Waals surface area contributed by atoms with Crippen LogP contribution in [0.25, 0.3) is 0 Å². The molecule has 23 heavy (non-hydrogen) atoms. The Bertz CT molecular complexity index is 575. The van der Waals surface area contributed by atoms with Gasteiger partial charge in [-0.05, 0) is 19.1 Å². The third kappa shape index (κ3) is 3.76. The summed E-state index contributed by atoms with van der Waals surface area (Å²) in [5, 5.41) is 3.23. The summed E-state index contributed by atoms with van der Waals surface area (Å²) in [5.41, 5.74) is 0.749. The number of para-hydroxylation sites is 2. The van der Waals surface area contributed by atoms with Gasteiger partial charge in [0.1, 0.15) is 5.75 Å². The maximum atomic E-state index is 12.3. The molecule has 0 bridgehead atoms. The standard InChI is InChI=1S/C16H21N3O3.ClH/c1-12-16(21)19(13-4-2-3-5-14(13)22-12)9-6-15(20)18-10-7-17-8-11-18;/h2-5,12,17H,6-11H2,1H3;1H. The highest BCUT2D eigenvalue weighted by Gasteiger charge is 2.31. The van der Waals surface area contributed by atoms with E-state index < -0.39 is 6.10 Å². The van der Waals surface area contributed by atoms with Gasteiger partial charge in [-0.3, -0.25) is 9.59 Å². The molecular weight excluding hydrogens is 318 g/mol. The molecule has 7 heteroatoms. The number of amides is 2. The molecule has 0 aliphatic carbocycles. The number of anilines is 1. The molecule has 0 spiro atoms. The number of hydrogen-bond acceptors (Lipinski definition) is 4. The van der Waals surface area contributed by atoms with Crippen LogP contribution in [-0.2, 0) is 9.59 Å². The molecular formula is C16H22ClN3O3. The maximum Gasteiger partial charge on any atom is 0.267 e. The van der Waals surface area contributed by atoms with Crippen LogP contribution in [0.2, 0.25) is 0 Å². The predicted octanol–water partition coefficient (Wildman–Crippen LogP) is 1.04. The fraction of sp³-hybridized carbons (Fsp3) is 0.500. The quantitative estimate of drug-likeness (QED) is 0.894. The van der Waals surface area contributed by atoms with Gasteiger partial charge in [0.25, 0.3) is 5.91 Å². The number of nitrogens with zero attached hydrogens (tertiary/aromatic N) is 2. The third-order valence-corrected chi connectivity index (χ3v) is 4.09. The van der Waals surface area contributed by atoms with Gasteiger partial charge >= 0.3 is 0 Å². The lowest BCUT2D eigenvalue weighted by Crippen LogP contribution is -2.49. The molecule has 0 aromatic heterocycles. The Morgan fingerprint density at radius 1 is 1.30 bits per heavy atom. The highest BCUT2D eigenvalue weighted by atomic mass is 35.5. The van der Waals surface area contributed by atoms with Crippen LogP contribution in [0.1, 0.15) is 13.3 Å². The van der Waals surface area contributed by atoms with E-state index >= 15 is 0 Å². The van der Waals surface area contributed by atoms with Crippen molar-refractivity contribution in [2.24, 2.45) is 0 Å². The van der Waals surface area contributed by atoms with Crippen LogP contribution >= 0.6 is 12.4 Å². The first-order valence-electron chi connectivity index (χ1n) is 7.72. The molecule has 1 aromatic carbocycles. The van der Waals surface area contributed by atoms with Gasteiger partial charge in [0.15, 0.2) is 6.10 Å². The van der Waals surface area contributed by atoms with E-state index in [4.69, 9.17) is 4.74 Å². The number of fused-ring (bicyclic) bond motifs is 1. The van der Waals surface area contributed by atoms with Crippen molar-refractivity contribution in [3.63, 3.8) is 0 Å². The first kappa shape index (κ1) is 17.6. The number of piperazine rings is 1. The van der Waals surface area contributed by atoms with Crippen LogP contribution < -0.4 is 15.0 Å². The Balaban J connectivity index is 0.00000192. The zero-order valence-electron chi connectivity index (χ0n) is 13.2. The Labute approximate surface area is 142 Å². The van der Waals surface area contributed by atoms with Crippen LogP contribution in [0.5, 0.6) is 5.75 Å². The molecule has 1 unspecified atom stereocenters. The van der Waals surface area contributed by atoms with Gasteiger partial charge in [-0.2, -0.15) is 0 Å². The molecule has 1 saturated heterocycles. The number of ether oxygens (including phenoxy) is 1. The molecule has 2 amide bonds. The number of halogens is 1. The van der Waals surface area contributed by atoms with Crippen molar-refractivity contribution in [3.05, 3.63) is 24.3 Å². The van der Waals surface area contributed by atoms with Crippen molar-refractivity contribution in [1.29, 1.82) is 0 Å². The van der Waals surface area contributed by atoms with E-state index in [0.717, 1.165) is 31.9 Å². The zero-order valence-corrected chi connectivity index (χ0v) is 14.0. The van der Waals surface area contributed by atoms with E-state index in [0.29, 0.717) is 18.7 Å². The van der Waals surface area contributed by atoms with Crippen molar-refractivity contribution >= 4 is 29.9 Å². The Morgan fingerprint density at radius 3 is 2.74 bits per heavy atom. The van der Waals surface area contributed by atoms with E-state index in [9.17, 15) is 9.59 Å². The number of rotatable bonds is 3. The molecule has 1 fully saturated rings. The number of carbonyl (C=O) groups is 2. The average molecular weight is 340 g/mol. The van der Waals surface area contributed by atoms with E-state index in [2.05, 4.69) is 5.32 Å². The van der Waals surface area contributed by atoms with Gasteiger partial charge in [-0.25, -0.2) is 0 Å². The molecule has 2 aliphatic heterocycles. The summed E-state index contributed by atoms with van der Waals surface area (Å²) in [6.45, 7) is 5.28. The van der Waals surface area contributed by atoms with E-state index in [-0.39, 0.29) is 24.2 Å². The molecule has 2 heterocycles. The lowest BCUT2D eigenvalue weighted by molar-refractivity contribution is -0.131.